The number of aliphatic hydroxyl groups excluding tert-OH is 3. The summed E-state index contributed by atoms with van der Waals surface area (Å²) in [7, 11) is -5.06. The highest BCUT2D eigenvalue weighted by atomic mass is 32.3. The summed E-state index contributed by atoms with van der Waals surface area (Å²) in [4.78, 5) is 12.9. The van der Waals surface area contributed by atoms with Crippen molar-refractivity contribution in [3.05, 3.63) is 0 Å². The normalized spacial score (nSPS) is 19.5. The molecule has 1 aliphatic heterocycles. The van der Waals surface area contributed by atoms with E-state index in [1.807, 2.05) is 0 Å². The van der Waals surface area contributed by atoms with Crippen molar-refractivity contribution in [2.75, 3.05) is 26.4 Å². The van der Waals surface area contributed by atoms with E-state index < -0.39 is 59.8 Å². The second-order valence-corrected chi connectivity index (χ2v) is 20.2. The smallest absolute Gasteiger partial charge is 0.397 e. The van der Waals surface area contributed by atoms with Crippen molar-refractivity contribution >= 4 is 16.4 Å². The van der Waals surface area contributed by atoms with Crippen molar-refractivity contribution in [3.63, 3.8) is 0 Å². The predicted octanol–water partition coefficient (Wildman–Crippen LogP) is 12.8. The van der Waals surface area contributed by atoms with Gasteiger partial charge in [-0.25, -0.2) is 4.18 Å². The van der Waals surface area contributed by atoms with Gasteiger partial charge in [0, 0.05) is 13.0 Å². The van der Waals surface area contributed by atoms with Gasteiger partial charge < -0.3 is 34.3 Å². The van der Waals surface area contributed by atoms with Crippen LogP contribution in [0.5, 0.6) is 0 Å². The van der Waals surface area contributed by atoms with Crippen LogP contribution >= 0.6 is 0 Å². The van der Waals surface area contributed by atoms with Crippen molar-refractivity contribution in [2.24, 2.45) is 0 Å². The minimum atomic E-state index is -5.06. The highest BCUT2D eigenvalue weighted by Crippen LogP contribution is 2.26. The number of hydrogen-bond donors (Lipinski definition) is 4. The minimum absolute atomic E-state index is 0.0449. The van der Waals surface area contributed by atoms with Crippen LogP contribution in [0.4, 0.5) is 0 Å². The third-order valence-corrected chi connectivity index (χ3v) is 13.4. The first-order chi connectivity index (χ1) is 31.6. The molecular weight excluding hydrogens is 849 g/mol. The molecule has 0 saturated carbocycles. The summed E-state index contributed by atoms with van der Waals surface area (Å²) in [6.07, 6.45) is 40.1. The van der Waals surface area contributed by atoms with Gasteiger partial charge in [-0.15, -0.1) is 0 Å². The number of carbonyl (C=O) groups excluding carboxylic acids is 1. The zero-order chi connectivity index (χ0) is 47.5. The molecule has 0 aliphatic carbocycles. The lowest BCUT2D eigenvalue weighted by Gasteiger charge is -2.41. The van der Waals surface area contributed by atoms with E-state index in [4.69, 9.17) is 18.9 Å². The molecule has 1 saturated heterocycles. The van der Waals surface area contributed by atoms with Crippen LogP contribution in [0.15, 0.2) is 0 Å². The quantitative estimate of drug-likeness (QED) is 0.0258. The standard InChI is InChI=1S/C52H102O12S/c1-3-5-7-9-11-13-15-17-18-19-20-21-22-23-24-25-26-27-28-29-31-33-35-37-39-41-48(54)62-46(44-60-42-40-38-36-34-32-30-16-14-12-10-8-6-4-2)45-61-52-50(56)51(64-65(57,58)59)49(55)47(43-53)63-52/h46-47,49-53,55-56H,3-45H2,1-2H3,(H,57,58,59). The van der Waals surface area contributed by atoms with Crippen LogP contribution in [-0.2, 0) is 38.3 Å². The Morgan fingerprint density at radius 3 is 1.23 bits per heavy atom. The molecule has 0 amide bonds. The third kappa shape index (κ3) is 37.6. The molecule has 65 heavy (non-hydrogen) atoms. The maximum absolute atomic E-state index is 12.9. The van der Waals surface area contributed by atoms with E-state index >= 15 is 0 Å². The summed E-state index contributed by atoms with van der Waals surface area (Å²) in [5.41, 5.74) is 0. The Hall–Kier alpha value is -0.900. The molecule has 1 aliphatic rings. The number of carbonyl (C=O) groups is 1. The molecule has 1 rings (SSSR count). The first-order valence-corrected chi connectivity index (χ1v) is 28.7. The molecule has 0 spiro atoms. The molecule has 12 nitrogen and oxygen atoms in total. The summed E-state index contributed by atoms with van der Waals surface area (Å²) in [5.74, 6) is -0.390. The number of unbranched alkanes of at least 4 members (excludes halogenated alkanes) is 36. The molecule has 0 bridgehead atoms. The maximum Gasteiger partial charge on any atom is 0.397 e. The van der Waals surface area contributed by atoms with Gasteiger partial charge in [-0.3, -0.25) is 9.35 Å². The summed E-state index contributed by atoms with van der Waals surface area (Å²) < 4.78 is 59.3. The molecule has 1 heterocycles. The third-order valence-electron chi connectivity index (χ3n) is 13.0. The lowest BCUT2D eigenvalue weighted by atomic mass is 9.99. The second kappa shape index (κ2) is 44.3. The largest absolute Gasteiger partial charge is 0.457 e. The van der Waals surface area contributed by atoms with Gasteiger partial charge >= 0.3 is 16.4 Å². The van der Waals surface area contributed by atoms with Crippen LogP contribution in [0, 0.1) is 0 Å². The van der Waals surface area contributed by atoms with E-state index in [-0.39, 0.29) is 19.6 Å². The fourth-order valence-electron chi connectivity index (χ4n) is 8.85. The molecule has 0 aromatic rings. The monoisotopic (exact) mass is 951 g/mol. The van der Waals surface area contributed by atoms with Gasteiger partial charge in [0.1, 0.15) is 30.5 Å². The lowest BCUT2D eigenvalue weighted by molar-refractivity contribution is -0.301. The van der Waals surface area contributed by atoms with E-state index in [1.165, 1.54) is 199 Å². The molecule has 6 unspecified atom stereocenters. The molecule has 0 radical (unpaired) electrons. The first kappa shape index (κ1) is 62.1. The van der Waals surface area contributed by atoms with Crippen molar-refractivity contribution < 1.29 is 56.2 Å². The highest BCUT2D eigenvalue weighted by molar-refractivity contribution is 7.80. The topological polar surface area (TPSA) is 178 Å². The van der Waals surface area contributed by atoms with Gasteiger partial charge in [0.15, 0.2) is 6.29 Å². The van der Waals surface area contributed by atoms with Gasteiger partial charge in [0.25, 0.3) is 0 Å². The summed E-state index contributed by atoms with van der Waals surface area (Å²) >= 11 is 0. The van der Waals surface area contributed by atoms with Gasteiger partial charge in [-0.1, -0.05) is 245 Å². The molecule has 0 aromatic heterocycles. The highest BCUT2D eigenvalue weighted by Gasteiger charge is 2.48. The molecule has 0 aromatic carbocycles. The van der Waals surface area contributed by atoms with Crippen LogP contribution < -0.4 is 0 Å². The van der Waals surface area contributed by atoms with E-state index in [0.29, 0.717) is 13.0 Å². The Bertz CT molecular complexity index is 1140. The molecule has 6 atom stereocenters. The van der Waals surface area contributed by atoms with Crippen LogP contribution in [-0.4, -0.2) is 97.5 Å². The predicted molar refractivity (Wildman–Crippen MR) is 262 cm³/mol. The molecule has 1 fully saturated rings. The minimum Gasteiger partial charge on any atom is -0.457 e. The average Bonchev–Trinajstić information content (AvgIpc) is 3.28. The lowest BCUT2D eigenvalue weighted by Crippen LogP contribution is -2.60. The zero-order valence-corrected chi connectivity index (χ0v) is 42.6. The summed E-state index contributed by atoms with van der Waals surface area (Å²) in [5, 5.41) is 30.7. The zero-order valence-electron chi connectivity index (χ0n) is 41.8. The van der Waals surface area contributed by atoms with Crippen LogP contribution in [0.3, 0.4) is 0 Å². The maximum atomic E-state index is 12.9. The molecule has 4 N–H and O–H groups in total. The van der Waals surface area contributed by atoms with Gasteiger partial charge in [-0.2, -0.15) is 8.42 Å². The Balaban J connectivity index is 2.26. The van der Waals surface area contributed by atoms with Gasteiger partial charge in [0.05, 0.1) is 19.8 Å². The number of aliphatic hydroxyl groups is 3. The molecule has 13 heteroatoms. The average molecular weight is 951 g/mol. The fraction of sp³-hybridized carbons (Fsp3) is 0.981. The number of rotatable bonds is 49. The SMILES string of the molecule is CCCCCCCCCCCCCCCCCCCCCCCCCCCC(=O)OC(COCCCCCCCCCCCCCCC)COC1OC(CO)C(O)C(OS(=O)(=O)O)C1O. The first-order valence-electron chi connectivity index (χ1n) is 27.3. The van der Waals surface area contributed by atoms with Crippen LogP contribution in [0.25, 0.3) is 0 Å². The van der Waals surface area contributed by atoms with Crippen molar-refractivity contribution in [1.82, 2.24) is 0 Å². The fourth-order valence-corrected chi connectivity index (χ4v) is 9.36. The number of hydrogen-bond acceptors (Lipinski definition) is 11. The summed E-state index contributed by atoms with van der Waals surface area (Å²) in [6.45, 7) is 4.06. The molecule has 388 valence electrons. The van der Waals surface area contributed by atoms with E-state index in [2.05, 4.69) is 18.0 Å². The van der Waals surface area contributed by atoms with Crippen LogP contribution in [0.1, 0.15) is 264 Å². The van der Waals surface area contributed by atoms with E-state index in [9.17, 15) is 33.1 Å². The van der Waals surface area contributed by atoms with Gasteiger partial charge in [-0.05, 0) is 12.8 Å². The van der Waals surface area contributed by atoms with Gasteiger partial charge in [0.2, 0.25) is 0 Å². The van der Waals surface area contributed by atoms with Crippen molar-refractivity contribution in [2.45, 2.75) is 301 Å². The number of esters is 1. The van der Waals surface area contributed by atoms with Crippen LogP contribution in [0.2, 0.25) is 0 Å². The Morgan fingerprint density at radius 1 is 0.523 bits per heavy atom. The Kier molecular flexibility index (Phi) is 42.4. The second-order valence-electron chi connectivity index (χ2n) is 19.2. The van der Waals surface area contributed by atoms with Crippen molar-refractivity contribution in [1.29, 1.82) is 0 Å². The number of ether oxygens (including phenoxy) is 4. The summed E-state index contributed by atoms with van der Waals surface area (Å²) in [6, 6.07) is 0. The van der Waals surface area contributed by atoms with E-state index in [0.717, 1.165) is 38.5 Å². The molecular formula is C52H102O12S. The van der Waals surface area contributed by atoms with E-state index in [1.54, 1.807) is 0 Å². The Labute approximate surface area is 398 Å². The van der Waals surface area contributed by atoms with Crippen molar-refractivity contribution in [3.8, 4) is 0 Å². The Morgan fingerprint density at radius 2 is 0.877 bits per heavy atom.